The molecule has 1 saturated carbocycles. The van der Waals surface area contributed by atoms with Crippen molar-refractivity contribution in [2.24, 2.45) is 5.92 Å². The molecule has 1 aliphatic rings. The highest BCUT2D eigenvalue weighted by molar-refractivity contribution is 5.86. The molecule has 0 atom stereocenters. The highest BCUT2D eigenvalue weighted by Gasteiger charge is 2.22. The first-order valence-electron chi connectivity index (χ1n) is 8.45. The van der Waals surface area contributed by atoms with Crippen molar-refractivity contribution in [2.75, 3.05) is 6.61 Å². The van der Waals surface area contributed by atoms with E-state index in [0.717, 1.165) is 17.6 Å². The summed E-state index contributed by atoms with van der Waals surface area (Å²) >= 11 is 0. The number of hydrogen-bond donors (Lipinski definition) is 1. The SMILES string of the molecule is O=C(Cc1noc2ccccc12)NCc1ccnc(OCC2CC2)c1. The fourth-order valence-electron chi connectivity index (χ4n) is 2.61. The first-order chi connectivity index (χ1) is 12.3. The van der Waals surface area contributed by atoms with Crippen molar-refractivity contribution in [3.8, 4) is 5.88 Å². The van der Waals surface area contributed by atoms with Crippen molar-refractivity contribution in [1.29, 1.82) is 0 Å². The number of nitrogens with one attached hydrogen (secondary N) is 1. The summed E-state index contributed by atoms with van der Waals surface area (Å²) in [5.41, 5.74) is 2.30. The number of aromatic nitrogens is 2. The zero-order valence-electron chi connectivity index (χ0n) is 13.8. The summed E-state index contributed by atoms with van der Waals surface area (Å²) in [4.78, 5) is 16.4. The Morgan fingerprint density at radius 2 is 2.16 bits per heavy atom. The van der Waals surface area contributed by atoms with Gasteiger partial charge in [0.2, 0.25) is 11.8 Å². The average molecular weight is 337 g/mol. The van der Waals surface area contributed by atoms with Crippen LogP contribution < -0.4 is 10.1 Å². The molecule has 1 fully saturated rings. The molecule has 2 heterocycles. The highest BCUT2D eigenvalue weighted by atomic mass is 16.5. The molecule has 1 aliphatic carbocycles. The van der Waals surface area contributed by atoms with Gasteiger partial charge in [0, 0.05) is 24.2 Å². The standard InChI is InChI=1S/C19H19N3O3/c23-18(10-16-15-3-1-2-4-17(15)25-22-16)21-11-14-7-8-20-19(9-14)24-12-13-5-6-13/h1-4,7-9,13H,5-6,10-12H2,(H,21,23). The molecule has 0 aliphatic heterocycles. The largest absolute Gasteiger partial charge is 0.477 e. The first-order valence-corrected chi connectivity index (χ1v) is 8.45. The number of amides is 1. The van der Waals surface area contributed by atoms with Crippen molar-refractivity contribution in [1.82, 2.24) is 15.5 Å². The van der Waals surface area contributed by atoms with Gasteiger partial charge in [0.25, 0.3) is 0 Å². The van der Waals surface area contributed by atoms with Crippen LogP contribution in [0.15, 0.2) is 47.1 Å². The summed E-state index contributed by atoms with van der Waals surface area (Å²) in [7, 11) is 0. The molecule has 1 amide bonds. The van der Waals surface area contributed by atoms with Crippen molar-refractivity contribution in [3.05, 3.63) is 53.9 Å². The first kappa shape index (κ1) is 15.6. The predicted molar refractivity (Wildman–Crippen MR) is 92.0 cm³/mol. The number of rotatable bonds is 7. The highest BCUT2D eigenvalue weighted by Crippen LogP contribution is 2.29. The maximum Gasteiger partial charge on any atom is 0.226 e. The van der Waals surface area contributed by atoms with Gasteiger partial charge in [0.15, 0.2) is 5.58 Å². The van der Waals surface area contributed by atoms with Crippen LogP contribution in [0.25, 0.3) is 11.0 Å². The van der Waals surface area contributed by atoms with Gasteiger partial charge in [-0.2, -0.15) is 0 Å². The Labute approximate surface area is 145 Å². The summed E-state index contributed by atoms with van der Waals surface area (Å²) in [6.07, 6.45) is 4.38. The van der Waals surface area contributed by atoms with E-state index in [1.165, 1.54) is 12.8 Å². The summed E-state index contributed by atoms with van der Waals surface area (Å²) in [6.45, 7) is 1.15. The van der Waals surface area contributed by atoms with E-state index < -0.39 is 0 Å². The van der Waals surface area contributed by atoms with Crippen molar-refractivity contribution in [3.63, 3.8) is 0 Å². The van der Waals surface area contributed by atoms with Crippen LogP contribution >= 0.6 is 0 Å². The normalized spacial score (nSPS) is 13.8. The molecule has 2 aromatic heterocycles. The monoisotopic (exact) mass is 337 g/mol. The third-order valence-electron chi connectivity index (χ3n) is 4.23. The van der Waals surface area contributed by atoms with Gasteiger partial charge in [-0.3, -0.25) is 4.79 Å². The van der Waals surface area contributed by atoms with Gasteiger partial charge in [-0.25, -0.2) is 4.98 Å². The van der Waals surface area contributed by atoms with Crippen LogP contribution in [0, 0.1) is 5.92 Å². The minimum Gasteiger partial charge on any atom is -0.477 e. The van der Waals surface area contributed by atoms with Gasteiger partial charge >= 0.3 is 0 Å². The van der Waals surface area contributed by atoms with Crippen LogP contribution in [0.4, 0.5) is 0 Å². The quantitative estimate of drug-likeness (QED) is 0.717. The van der Waals surface area contributed by atoms with Crippen molar-refractivity contribution >= 4 is 16.9 Å². The Bertz CT molecular complexity index is 886. The van der Waals surface area contributed by atoms with Crippen LogP contribution in [0.2, 0.25) is 0 Å². The molecule has 128 valence electrons. The predicted octanol–water partition coefficient (Wildman–Crippen LogP) is 2.87. The number of carbonyl (C=O) groups is 1. The van der Waals surface area contributed by atoms with E-state index in [4.69, 9.17) is 9.26 Å². The van der Waals surface area contributed by atoms with Crippen LogP contribution in [-0.2, 0) is 17.8 Å². The van der Waals surface area contributed by atoms with Gasteiger partial charge in [0.1, 0.15) is 5.69 Å². The number of nitrogens with zero attached hydrogens (tertiary/aromatic N) is 2. The zero-order valence-corrected chi connectivity index (χ0v) is 13.8. The van der Waals surface area contributed by atoms with Crippen LogP contribution in [0.1, 0.15) is 24.1 Å². The maximum absolute atomic E-state index is 12.2. The Morgan fingerprint density at radius 3 is 3.04 bits per heavy atom. The number of carbonyl (C=O) groups excluding carboxylic acids is 1. The number of ether oxygens (including phenoxy) is 1. The number of benzene rings is 1. The Morgan fingerprint density at radius 1 is 1.28 bits per heavy atom. The second-order valence-corrected chi connectivity index (χ2v) is 6.34. The zero-order chi connectivity index (χ0) is 17.1. The third-order valence-corrected chi connectivity index (χ3v) is 4.23. The lowest BCUT2D eigenvalue weighted by Gasteiger charge is -2.07. The lowest BCUT2D eigenvalue weighted by atomic mass is 10.1. The molecule has 0 unspecified atom stereocenters. The fraction of sp³-hybridized carbons (Fsp3) is 0.316. The fourth-order valence-corrected chi connectivity index (χ4v) is 2.61. The molecule has 0 bridgehead atoms. The molecule has 1 N–H and O–H groups in total. The third kappa shape index (κ3) is 3.96. The number of hydrogen-bond acceptors (Lipinski definition) is 5. The smallest absolute Gasteiger partial charge is 0.226 e. The summed E-state index contributed by atoms with van der Waals surface area (Å²) in [5, 5.41) is 7.76. The maximum atomic E-state index is 12.2. The van der Waals surface area contributed by atoms with Gasteiger partial charge in [-0.15, -0.1) is 0 Å². The van der Waals surface area contributed by atoms with E-state index in [2.05, 4.69) is 15.5 Å². The summed E-state index contributed by atoms with van der Waals surface area (Å²) < 4.78 is 10.9. The summed E-state index contributed by atoms with van der Waals surface area (Å²) in [5.74, 6) is 1.19. The lowest BCUT2D eigenvalue weighted by Crippen LogP contribution is -2.24. The Balaban J connectivity index is 1.33. The molecule has 3 aromatic rings. The minimum atomic E-state index is -0.101. The molecular weight excluding hydrogens is 318 g/mol. The van der Waals surface area contributed by atoms with Crippen molar-refractivity contribution in [2.45, 2.75) is 25.8 Å². The molecule has 0 radical (unpaired) electrons. The minimum absolute atomic E-state index is 0.101. The Kier molecular flexibility index (Phi) is 4.33. The van der Waals surface area contributed by atoms with E-state index in [1.807, 2.05) is 36.4 Å². The van der Waals surface area contributed by atoms with E-state index in [9.17, 15) is 4.79 Å². The summed E-state index contributed by atoms with van der Waals surface area (Å²) in [6, 6.07) is 11.3. The van der Waals surface area contributed by atoms with Crippen molar-refractivity contribution < 1.29 is 14.1 Å². The van der Waals surface area contributed by atoms with Gasteiger partial charge < -0.3 is 14.6 Å². The van der Waals surface area contributed by atoms with E-state index in [0.29, 0.717) is 29.6 Å². The van der Waals surface area contributed by atoms with E-state index in [-0.39, 0.29) is 12.3 Å². The molecule has 6 heteroatoms. The second kappa shape index (κ2) is 6.93. The molecule has 25 heavy (non-hydrogen) atoms. The molecular formula is C19H19N3O3. The number of pyridine rings is 1. The van der Waals surface area contributed by atoms with Crippen LogP contribution in [0.3, 0.4) is 0 Å². The van der Waals surface area contributed by atoms with Gasteiger partial charge in [-0.05, 0) is 42.5 Å². The van der Waals surface area contributed by atoms with E-state index in [1.54, 1.807) is 6.20 Å². The van der Waals surface area contributed by atoms with Crippen LogP contribution in [0.5, 0.6) is 5.88 Å². The van der Waals surface area contributed by atoms with E-state index >= 15 is 0 Å². The molecule has 0 spiro atoms. The average Bonchev–Trinajstić information content (AvgIpc) is 3.39. The van der Waals surface area contributed by atoms with Gasteiger partial charge in [0.05, 0.1) is 13.0 Å². The molecule has 0 saturated heterocycles. The molecule has 6 nitrogen and oxygen atoms in total. The second-order valence-electron chi connectivity index (χ2n) is 6.34. The van der Waals surface area contributed by atoms with Gasteiger partial charge in [-0.1, -0.05) is 17.3 Å². The van der Waals surface area contributed by atoms with Crippen LogP contribution in [-0.4, -0.2) is 22.7 Å². The lowest BCUT2D eigenvalue weighted by molar-refractivity contribution is -0.120. The number of para-hydroxylation sites is 1. The Hall–Kier alpha value is -2.89. The topological polar surface area (TPSA) is 77.3 Å². The number of fused-ring (bicyclic) bond motifs is 1. The molecule has 1 aromatic carbocycles. The molecule has 4 rings (SSSR count).